The lowest BCUT2D eigenvalue weighted by Crippen LogP contribution is -2.05. The summed E-state index contributed by atoms with van der Waals surface area (Å²) in [5, 5.41) is 4.11. The minimum absolute atomic E-state index is 0.594. The van der Waals surface area contributed by atoms with Gasteiger partial charge < -0.3 is 19.3 Å². The number of nitrogens with zero attached hydrogens (tertiary/aromatic N) is 1. The van der Waals surface area contributed by atoms with Crippen molar-refractivity contribution in [2.24, 2.45) is 5.10 Å². The van der Waals surface area contributed by atoms with E-state index in [1.165, 1.54) is 0 Å². The summed E-state index contributed by atoms with van der Waals surface area (Å²) in [5.41, 5.74) is 4.01. The van der Waals surface area contributed by atoms with Crippen molar-refractivity contribution in [3.8, 4) is 11.5 Å². The molecular formula is C15H18N2O3. The van der Waals surface area contributed by atoms with Crippen LogP contribution in [0.3, 0.4) is 0 Å². The molecule has 2 aromatic rings. The quantitative estimate of drug-likeness (QED) is 0.650. The molecular weight excluding hydrogens is 256 g/mol. The first-order valence-corrected chi connectivity index (χ1v) is 6.26. The molecule has 1 aromatic heterocycles. The average Bonchev–Trinajstić information content (AvgIpc) is 2.89. The monoisotopic (exact) mass is 274 g/mol. The van der Waals surface area contributed by atoms with Crippen LogP contribution in [0.2, 0.25) is 0 Å². The maximum absolute atomic E-state index is 5.38. The van der Waals surface area contributed by atoms with Gasteiger partial charge in [0.25, 0.3) is 0 Å². The second kappa shape index (κ2) is 6.65. The summed E-state index contributed by atoms with van der Waals surface area (Å²) < 4.78 is 15.8. The molecule has 106 valence electrons. The Balaban J connectivity index is 1.92. The Hall–Kier alpha value is -2.43. The van der Waals surface area contributed by atoms with Crippen LogP contribution in [0.5, 0.6) is 11.5 Å². The minimum Gasteiger partial charge on any atom is -0.493 e. The summed E-state index contributed by atoms with van der Waals surface area (Å²) in [6.45, 7) is 2.49. The predicted molar refractivity (Wildman–Crippen MR) is 77.4 cm³/mol. The Kier molecular flexibility index (Phi) is 4.65. The lowest BCUT2D eigenvalue weighted by molar-refractivity contribution is 0.354. The number of ether oxygens (including phenoxy) is 2. The molecule has 0 aliphatic rings. The highest BCUT2D eigenvalue weighted by molar-refractivity contribution is 5.75. The number of hydrogen-bond donors (Lipinski definition) is 1. The zero-order valence-electron chi connectivity index (χ0n) is 11.8. The van der Waals surface area contributed by atoms with Crippen molar-refractivity contribution in [3.63, 3.8) is 0 Å². The average molecular weight is 274 g/mol. The number of hydrogen-bond acceptors (Lipinski definition) is 5. The normalized spacial score (nSPS) is 10.8. The molecule has 0 saturated carbocycles. The molecule has 0 saturated heterocycles. The predicted octanol–water partition coefficient (Wildman–Crippen LogP) is 2.73. The highest BCUT2D eigenvalue weighted by Crippen LogP contribution is 2.27. The SMILES string of the molecule is COc1ccc(CN/N=C\c2ccc(C)o2)cc1OC. The van der Waals surface area contributed by atoms with Crippen LogP contribution in [-0.2, 0) is 6.54 Å². The summed E-state index contributed by atoms with van der Waals surface area (Å²) in [6, 6.07) is 9.52. The van der Waals surface area contributed by atoms with E-state index in [9.17, 15) is 0 Å². The first-order valence-electron chi connectivity index (χ1n) is 6.26. The number of furan rings is 1. The Morgan fingerprint density at radius 3 is 2.60 bits per heavy atom. The molecule has 2 rings (SSSR count). The largest absolute Gasteiger partial charge is 0.493 e. The fourth-order valence-corrected chi connectivity index (χ4v) is 1.76. The first kappa shape index (κ1) is 14.0. The van der Waals surface area contributed by atoms with Gasteiger partial charge in [0.05, 0.1) is 27.0 Å². The summed E-state index contributed by atoms with van der Waals surface area (Å²) in [5.74, 6) is 3.01. The van der Waals surface area contributed by atoms with Crippen molar-refractivity contribution >= 4 is 6.21 Å². The highest BCUT2D eigenvalue weighted by atomic mass is 16.5. The highest BCUT2D eigenvalue weighted by Gasteiger charge is 2.03. The molecule has 1 N–H and O–H groups in total. The smallest absolute Gasteiger partial charge is 0.161 e. The number of aryl methyl sites for hydroxylation is 1. The van der Waals surface area contributed by atoms with Crippen LogP contribution >= 0.6 is 0 Å². The van der Waals surface area contributed by atoms with Crippen LogP contribution in [0.25, 0.3) is 0 Å². The topological polar surface area (TPSA) is 56.0 Å². The van der Waals surface area contributed by atoms with Crippen LogP contribution in [-0.4, -0.2) is 20.4 Å². The zero-order valence-corrected chi connectivity index (χ0v) is 11.8. The van der Waals surface area contributed by atoms with Crippen LogP contribution in [0, 0.1) is 6.92 Å². The second-order valence-electron chi connectivity index (χ2n) is 4.23. The van der Waals surface area contributed by atoms with Crippen molar-refractivity contribution in [2.45, 2.75) is 13.5 Å². The molecule has 1 heterocycles. The fraction of sp³-hybridized carbons (Fsp3) is 0.267. The summed E-state index contributed by atoms with van der Waals surface area (Å²) >= 11 is 0. The lowest BCUT2D eigenvalue weighted by Gasteiger charge is -2.09. The van der Waals surface area contributed by atoms with E-state index in [0.29, 0.717) is 18.0 Å². The van der Waals surface area contributed by atoms with E-state index in [1.807, 2.05) is 37.3 Å². The summed E-state index contributed by atoms with van der Waals surface area (Å²) in [6.07, 6.45) is 1.65. The van der Waals surface area contributed by atoms with Crippen molar-refractivity contribution in [3.05, 3.63) is 47.4 Å². The van der Waals surface area contributed by atoms with Crippen molar-refractivity contribution in [2.75, 3.05) is 14.2 Å². The molecule has 1 aromatic carbocycles. The Labute approximate surface area is 118 Å². The fourth-order valence-electron chi connectivity index (χ4n) is 1.76. The van der Waals surface area contributed by atoms with Crippen LogP contribution < -0.4 is 14.9 Å². The molecule has 0 spiro atoms. The number of methoxy groups -OCH3 is 2. The van der Waals surface area contributed by atoms with E-state index < -0.39 is 0 Å². The molecule has 5 heteroatoms. The van der Waals surface area contributed by atoms with E-state index in [0.717, 1.165) is 17.1 Å². The molecule has 0 aliphatic carbocycles. The molecule has 0 unspecified atom stereocenters. The second-order valence-corrected chi connectivity index (χ2v) is 4.23. The van der Waals surface area contributed by atoms with Crippen molar-refractivity contribution in [1.29, 1.82) is 0 Å². The lowest BCUT2D eigenvalue weighted by atomic mass is 10.2. The maximum atomic E-state index is 5.38. The van der Waals surface area contributed by atoms with Gasteiger partial charge in [0.15, 0.2) is 11.5 Å². The van der Waals surface area contributed by atoms with Gasteiger partial charge in [-0.25, -0.2) is 0 Å². The van der Waals surface area contributed by atoms with Gasteiger partial charge >= 0.3 is 0 Å². The number of benzene rings is 1. The number of rotatable bonds is 6. The molecule has 0 radical (unpaired) electrons. The van der Waals surface area contributed by atoms with Crippen LogP contribution in [0.15, 0.2) is 39.9 Å². The van der Waals surface area contributed by atoms with Gasteiger partial charge in [-0.1, -0.05) is 6.07 Å². The van der Waals surface area contributed by atoms with E-state index >= 15 is 0 Å². The van der Waals surface area contributed by atoms with Crippen molar-refractivity contribution in [1.82, 2.24) is 5.43 Å². The van der Waals surface area contributed by atoms with Crippen LogP contribution in [0.4, 0.5) is 0 Å². The third-order valence-electron chi connectivity index (χ3n) is 2.78. The molecule has 20 heavy (non-hydrogen) atoms. The summed E-state index contributed by atoms with van der Waals surface area (Å²) in [4.78, 5) is 0. The molecule has 0 aliphatic heterocycles. The maximum Gasteiger partial charge on any atom is 0.161 e. The third kappa shape index (κ3) is 3.54. The van der Waals surface area contributed by atoms with Crippen LogP contribution in [0.1, 0.15) is 17.1 Å². The van der Waals surface area contributed by atoms with E-state index in [-0.39, 0.29) is 0 Å². The van der Waals surface area contributed by atoms with E-state index in [1.54, 1.807) is 20.4 Å². The Morgan fingerprint density at radius 1 is 1.15 bits per heavy atom. The van der Waals surface area contributed by atoms with E-state index in [2.05, 4.69) is 10.5 Å². The van der Waals surface area contributed by atoms with Gasteiger partial charge in [0, 0.05) is 0 Å². The van der Waals surface area contributed by atoms with Gasteiger partial charge in [-0.3, -0.25) is 0 Å². The van der Waals surface area contributed by atoms with Gasteiger partial charge in [0.1, 0.15) is 11.5 Å². The Bertz CT molecular complexity index is 591. The number of nitrogens with one attached hydrogen (secondary N) is 1. The van der Waals surface area contributed by atoms with Gasteiger partial charge in [-0.05, 0) is 36.8 Å². The van der Waals surface area contributed by atoms with Gasteiger partial charge in [-0.2, -0.15) is 5.10 Å². The van der Waals surface area contributed by atoms with Gasteiger partial charge in [0.2, 0.25) is 0 Å². The summed E-state index contributed by atoms with van der Waals surface area (Å²) in [7, 11) is 3.23. The Morgan fingerprint density at radius 2 is 1.95 bits per heavy atom. The van der Waals surface area contributed by atoms with E-state index in [4.69, 9.17) is 13.9 Å². The number of hydrazone groups is 1. The molecule has 0 amide bonds. The first-order chi connectivity index (χ1) is 9.72. The molecule has 0 bridgehead atoms. The molecule has 0 atom stereocenters. The third-order valence-corrected chi connectivity index (χ3v) is 2.78. The molecule has 5 nitrogen and oxygen atoms in total. The minimum atomic E-state index is 0.594. The van der Waals surface area contributed by atoms with Crippen molar-refractivity contribution < 1.29 is 13.9 Å². The molecule has 0 fully saturated rings. The van der Waals surface area contributed by atoms with Gasteiger partial charge in [-0.15, -0.1) is 0 Å². The standard InChI is InChI=1S/C15H18N2O3/c1-11-4-6-13(20-11)10-17-16-9-12-5-7-14(18-2)15(8-12)19-3/h4-8,10,16H,9H2,1-3H3/b17-10-. The zero-order chi connectivity index (χ0) is 14.4.